The Morgan fingerprint density at radius 2 is 1.91 bits per heavy atom. The van der Waals surface area contributed by atoms with Gasteiger partial charge in [-0.2, -0.15) is 0 Å². The van der Waals surface area contributed by atoms with Crippen molar-refractivity contribution in [2.24, 2.45) is 11.8 Å². The predicted molar refractivity (Wildman–Crippen MR) is 90.5 cm³/mol. The van der Waals surface area contributed by atoms with Gasteiger partial charge in [0.1, 0.15) is 11.9 Å². The molecule has 2 saturated heterocycles. The first-order valence-corrected chi connectivity index (χ1v) is 9.14. The molecule has 4 nitrogen and oxygen atoms in total. The summed E-state index contributed by atoms with van der Waals surface area (Å²) in [7, 11) is 0. The van der Waals surface area contributed by atoms with Crippen molar-refractivity contribution >= 4 is 0 Å². The van der Waals surface area contributed by atoms with Gasteiger partial charge in [0.15, 0.2) is 0 Å². The van der Waals surface area contributed by atoms with Crippen molar-refractivity contribution in [1.82, 2.24) is 10.2 Å². The topological polar surface area (TPSA) is 44.7 Å². The Bertz CT molecular complexity index is 530. The Kier molecular flexibility index (Phi) is 4.56. The van der Waals surface area contributed by atoms with E-state index in [-0.39, 0.29) is 12.2 Å². The molecule has 0 bridgehead atoms. The molecule has 126 valence electrons. The highest BCUT2D eigenvalue weighted by atomic mass is 16.5. The molecule has 23 heavy (non-hydrogen) atoms. The molecule has 4 rings (SSSR count). The van der Waals surface area contributed by atoms with E-state index in [1.54, 1.807) is 0 Å². The molecule has 0 spiro atoms. The maximum Gasteiger partial charge on any atom is 0.125 e. The lowest BCUT2D eigenvalue weighted by Crippen LogP contribution is -2.42. The fourth-order valence-corrected chi connectivity index (χ4v) is 4.47. The molecule has 0 unspecified atom stereocenters. The van der Waals surface area contributed by atoms with E-state index in [1.807, 2.05) is 6.07 Å². The minimum atomic E-state index is -0.335. The zero-order chi connectivity index (χ0) is 15.6. The molecule has 1 aliphatic carbocycles. The lowest BCUT2D eigenvalue weighted by molar-refractivity contribution is -0.0231. The number of aliphatic hydroxyl groups is 1. The summed E-state index contributed by atoms with van der Waals surface area (Å²) in [4.78, 5) is 2.50. The summed E-state index contributed by atoms with van der Waals surface area (Å²) in [5, 5.41) is 13.9. The second kappa shape index (κ2) is 6.80. The first kappa shape index (κ1) is 15.4. The van der Waals surface area contributed by atoms with E-state index in [2.05, 4.69) is 28.4 Å². The van der Waals surface area contributed by atoms with Crippen LogP contribution < -0.4 is 10.1 Å². The molecule has 0 amide bonds. The monoisotopic (exact) mass is 316 g/mol. The molecule has 1 aromatic carbocycles. The van der Waals surface area contributed by atoms with E-state index < -0.39 is 0 Å². The number of likely N-dealkylation sites (tertiary alicyclic amines) is 1. The molecule has 2 N–H and O–H groups in total. The number of hydrogen-bond acceptors (Lipinski definition) is 4. The summed E-state index contributed by atoms with van der Waals surface area (Å²) in [5.74, 6) is 2.21. The van der Waals surface area contributed by atoms with Crippen LogP contribution in [0.25, 0.3) is 0 Å². The van der Waals surface area contributed by atoms with Crippen molar-refractivity contribution in [3.05, 3.63) is 29.8 Å². The van der Waals surface area contributed by atoms with Gasteiger partial charge in [-0.15, -0.1) is 0 Å². The molecule has 0 aromatic heterocycles. The fraction of sp³-hybridized carbons (Fsp3) is 0.684. The number of rotatable bonds is 4. The van der Waals surface area contributed by atoms with Gasteiger partial charge in [-0.25, -0.2) is 0 Å². The van der Waals surface area contributed by atoms with E-state index >= 15 is 0 Å². The second-order valence-electron chi connectivity index (χ2n) is 7.50. The fourth-order valence-electron chi connectivity index (χ4n) is 4.47. The van der Waals surface area contributed by atoms with Crippen molar-refractivity contribution in [2.45, 2.75) is 44.4 Å². The van der Waals surface area contributed by atoms with Crippen molar-refractivity contribution < 1.29 is 9.84 Å². The Hall–Kier alpha value is -1.10. The summed E-state index contributed by atoms with van der Waals surface area (Å²) in [6.45, 7) is 5.57. The first-order valence-electron chi connectivity index (χ1n) is 9.14. The van der Waals surface area contributed by atoms with Crippen LogP contribution in [0.2, 0.25) is 0 Å². The van der Waals surface area contributed by atoms with Gasteiger partial charge in [-0.3, -0.25) is 4.90 Å². The lowest BCUT2D eigenvalue weighted by Gasteiger charge is -2.35. The second-order valence-corrected chi connectivity index (χ2v) is 7.50. The lowest BCUT2D eigenvalue weighted by atomic mass is 9.78. The number of fused-ring (bicyclic) bond motifs is 1. The molecule has 2 heterocycles. The molecule has 0 radical (unpaired) electrons. The van der Waals surface area contributed by atoms with Crippen molar-refractivity contribution in [3.8, 4) is 5.75 Å². The Morgan fingerprint density at radius 1 is 1.13 bits per heavy atom. The molecular formula is C19H28N2O2. The number of benzene rings is 1. The molecular weight excluding hydrogens is 288 g/mol. The van der Waals surface area contributed by atoms with Crippen LogP contribution in [0.15, 0.2) is 24.3 Å². The average Bonchev–Trinajstić information content (AvgIpc) is 3.19. The van der Waals surface area contributed by atoms with Crippen LogP contribution in [0.4, 0.5) is 0 Å². The van der Waals surface area contributed by atoms with Gasteiger partial charge >= 0.3 is 0 Å². The van der Waals surface area contributed by atoms with Crippen LogP contribution in [0, 0.1) is 11.8 Å². The molecule has 4 heteroatoms. The largest absolute Gasteiger partial charge is 0.488 e. The average molecular weight is 316 g/mol. The number of nitrogens with zero attached hydrogens (tertiary/aromatic N) is 1. The number of hydrogen-bond donors (Lipinski definition) is 2. The highest BCUT2D eigenvalue weighted by Gasteiger charge is 2.39. The van der Waals surface area contributed by atoms with Crippen LogP contribution >= 0.6 is 0 Å². The Morgan fingerprint density at radius 3 is 2.74 bits per heavy atom. The predicted octanol–water partition coefficient (Wildman–Crippen LogP) is 2.02. The third kappa shape index (κ3) is 3.54. The Balaban J connectivity index is 1.39. The molecule has 4 atom stereocenters. The summed E-state index contributed by atoms with van der Waals surface area (Å²) < 4.78 is 6.18. The first-order chi connectivity index (χ1) is 11.3. The van der Waals surface area contributed by atoms with Gasteiger partial charge in [0, 0.05) is 6.54 Å². The normalized spacial score (nSPS) is 34.5. The van der Waals surface area contributed by atoms with Crippen LogP contribution in [0.5, 0.6) is 5.75 Å². The number of ether oxygens (including phenoxy) is 1. The molecule has 2 aliphatic heterocycles. The minimum Gasteiger partial charge on any atom is -0.488 e. The third-order valence-electron chi connectivity index (χ3n) is 5.78. The zero-order valence-corrected chi connectivity index (χ0v) is 13.8. The van der Waals surface area contributed by atoms with E-state index in [9.17, 15) is 5.11 Å². The van der Waals surface area contributed by atoms with Gasteiger partial charge in [0.25, 0.3) is 0 Å². The van der Waals surface area contributed by atoms with E-state index in [0.29, 0.717) is 11.8 Å². The highest BCUT2D eigenvalue weighted by molar-refractivity contribution is 5.29. The van der Waals surface area contributed by atoms with E-state index in [0.717, 1.165) is 38.2 Å². The van der Waals surface area contributed by atoms with Gasteiger partial charge in [0.05, 0.1) is 6.10 Å². The maximum atomic E-state index is 10.4. The standard InChI is InChI=1S/C19H28N2O2/c22-18-9-15-11-20-12-16(15)10-19(18)23-17-5-3-4-14(8-17)13-21-6-1-2-7-21/h3-5,8,15-16,18-20,22H,1-2,6-7,9-13H2/t15-,16+,18+,19+/m0/s1. The summed E-state index contributed by atoms with van der Waals surface area (Å²) >= 11 is 0. The van der Waals surface area contributed by atoms with Crippen molar-refractivity contribution in [1.29, 1.82) is 0 Å². The number of aliphatic hydroxyl groups excluding tert-OH is 1. The van der Waals surface area contributed by atoms with Gasteiger partial charge in [-0.05, 0) is 81.4 Å². The molecule has 3 aliphatic rings. The van der Waals surface area contributed by atoms with Crippen LogP contribution in [0.1, 0.15) is 31.2 Å². The van der Waals surface area contributed by atoms with Crippen molar-refractivity contribution in [3.63, 3.8) is 0 Å². The van der Waals surface area contributed by atoms with E-state index in [1.165, 1.54) is 31.5 Å². The smallest absolute Gasteiger partial charge is 0.125 e. The van der Waals surface area contributed by atoms with Gasteiger partial charge in [-0.1, -0.05) is 12.1 Å². The maximum absolute atomic E-state index is 10.4. The third-order valence-corrected chi connectivity index (χ3v) is 5.78. The summed E-state index contributed by atoms with van der Waals surface area (Å²) in [6, 6.07) is 8.44. The summed E-state index contributed by atoms with van der Waals surface area (Å²) in [6.07, 6.45) is 4.09. The molecule has 1 saturated carbocycles. The number of nitrogens with one attached hydrogen (secondary N) is 1. The van der Waals surface area contributed by atoms with Crippen LogP contribution in [0.3, 0.4) is 0 Å². The highest BCUT2D eigenvalue weighted by Crippen LogP contribution is 2.35. The van der Waals surface area contributed by atoms with E-state index in [4.69, 9.17) is 4.74 Å². The van der Waals surface area contributed by atoms with Gasteiger partial charge in [0.2, 0.25) is 0 Å². The summed E-state index contributed by atoms with van der Waals surface area (Å²) in [5.41, 5.74) is 1.31. The minimum absolute atomic E-state index is 0.0572. The van der Waals surface area contributed by atoms with Crippen LogP contribution in [-0.4, -0.2) is 48.4 Å². The Labute approximate surface area is 138 Å². The quantitative estimate of drug-likeness (QED) is 0.892. The SMILES string of the molecule is O[C@@H]1C[C@H]2CNC[C@H]2C[C@H]1Oc1cccc(CN2CCCC2)c1. The zero-order valence-electron chi connectivity index (χ0n) is 13.8. The van der Waals surface area contributed by atoms with Crippen LogP contribution in [-0.2, 0) is 6.54 Å². The van der Waals surface area contributed by atoms with Crippen molar-refractivity contribution in [2.75, 3.05) is 26.2 Å². The van der Waals surface area contributed by atoms with Gasteiger partial charge < -0.3 is 15.2 Å². The molecule has 1 aromatic rings. The molecule has 3 fully saturated rings.